The molecule has 0 aliphatic carbocycles. The molecule has 120 valence electrons. The molecule has 4 heteroatoms. The van der Waals surface area contributed by atoms with E-state index in [-0.39, 0.29) is 6.04 Å². The standard InChI is InChI=1S/C19H23N3O/c1-3-16-9-10-17(23-16)14-21-18(15-7-5-4-6-8-15)13-19-20-11-12-22(19)2/h4-12,18,21H,3,13-14H2,1-2H3. The summed E-state index contributed by atoms with van der Waals surface area (Å²) in [4.78, 5) is 4.45. The van der Waals surface area contributed by atoms with Gasteiger partial charge in [0.1, 0.15) is 17.3 Å². The van der Waals surface area contributed by atoms with Crippen molar-refractivity contribution in [3.63, 3.8) is 0 Å². The molecule has 0 fully saturated rings. The number of aryl methyl sites for hydroxylation is 2. The quantitative estimate of drug-likeness (QED) is 0.724. The third-order valence-corrected chi connectivity index (χ3v) is 4.10. The molecule has 3 aromatic rings. The summed E-state index contributed by atoms with van der Waals surface area (Å²) in [6, 6.07) is 14.8. The molecule has 0 amide bonds. The Morgan fingerprint density at radius 3 is 2.57 bits per heavy atom. The molecular formula is C19H23N3O. The molecule has 1 unspecified atom stereocenters. The molecule has 0 aliphatic rings. The molecule has 2 aromatic heterocycles. The Bertz CT molecular complexity index is 730. The second-order valence-corrected chi connectivity index (χ2v) is 5.72. The zero-order valence-corrected chi connectivity index (χ0v) is 13.7. The lowest BCUT2D eigenvalue weighted by atomic mass is 10.0. The summed E-state index contributed by atoms with van der Waals surface area (Å²) in [7, 11) is 2.03. The number of hydrogen-bond donors (Lipinski definition) is 1. The maximum absolute atomic E-state index is 5.79. The van der Waals surface area contributed by atoms with E-state index in [0.717, 1.165) is 30.2 Å². The van der Waals surface area contributed by atoms with E-state index in [9.17, 15) is 0 Å². The van der Waals surface area contributed by atoms with Gasteiger partial charge in [-0.05, 0) is 17.7 Å². The Morgan fingerprint density at radius 1 is 1.13 bits per heavy atom. The van der Waals surface area contributed by atoms with Crippen LogP contribution in [0.3, 0.4) is 0 Å². The van der Waals surface area contributed by atoms with Crippen molar-refractivity contribution >= 4 is 0 Å². The normalized spacial score (nSPS) is 12.4. The molecule has 23 heavy (non-hydrogen) atoms. The lowest BCUT2D eigenvalue weighted by molar-refractivity contribution is 0.423. The smallest absolute Gasteiger partial charge is 0.117 e. The molecule has 3 rings (SSSR count). The number of benzene rings is 1. The highest BCUT2D eigenvalue weighted by atomic mass is 16.3. The van der Waals surface area contributed by atoms with Crippen LogP contribution >= 0.6 is 0 Å². The van der Waals surface area contributed by atoms with Crippen molar-refractivity contribution in [2.45, 2.75) is 32.4 Å². The van der Waals surface area contributed by atoms with Crippen LogP contribution < -0.4 is 5.32 Å². The van der Waals surface area contributed by atoms with E-state index in [1.54, 1.807) is 0 Å². The van der Waals surface area contributed by atoms with E-state index in [0.29, 0.717) is 6.54 Å². The SMILES string of the molecule is CCc1ccc(CNC(Cc2nccn2C)c2ccccc2)o1. The minimum atomic E-state index is 0.201. The molecule has 1 aromatic carbocycles. The number of rotatable bonds is 7. The zero-order chi connectivity index (χ0) is 16.1. The molecule has 1 atom stereocenters. The van der Waals surface area contributed by atoms with E-state index in [4.69, 9.17) is 4.42 Å². The van der Waals surface area contributed by atoms with Gasteiger partial charge in [-0.2, -0.15) is 0 Å². The summed E-state index contributed by atoms with van der Waals surface area (Å²) in [6.45, 7) is 2.81. The molecule has 0 spiro atoms. The third kappa shape index (κ3) is 3.90. The first-order chi connectivity index (χ1) is 11.3. The first-order valence-corrected chi connectivity index (χ1v) is 8.08. The average Bonchev–Trinajstić information content (AvgIpc) is 3.21. The summed E-state index contributed by atoms with van der Waals surface area (Å²) in [5.74, 6) is 3.07. The minimum Gasteiger partial charge on any atom is -0.465 e. The van der Waals surface area contributed by atoms with Crippen molar-refractivity contribution in [2.75, 3.05) is 0 Å². The molecular weight excluding hydrogens is 286 g/mol. The number of nitrogens with one attached hydrogen (secondary N) is 1. The fourth-order valence-corrected chi connectivity index (χ4v) is 2.70. The summed E-state index contributed by atoms with van der Waals surface area (Å²) >= 11 is 0. The highest BCUT2D eigenvalue weighted by molar-refractivity contribution is 5.20. The topological polar surface area (TPSA) is 43.0 Å². The highest BCUT2D eigenvalue weighted by Gasteiger charge is 2.15. The third-order valence-electron chi connectivity index (χ3n) is 4.10. The van der Waals surface area contributed by atoms with E-state index < -0.39 is 0 Å². The van der Waals surface area contributed by atoms with Crippen molar-refractivity contribution < 1.29 is 4.42 Å². The second-order valence-electron chi connectivity index (χ2n) is 5.72. The van der Waals surface area contributed by atoms with Gasteiger partial charge in [0, 0.05) is 38.3 Å². The van der Waals surface area contributed by atoms with Gasteiger partial charge in [0.15, 0.2) is 0 Å². The lowest BCUT2D eigenvalue weighted by Crippen LogP contribution is -2.24. The number of furan rings is 1. The van der Waals surface area contributed by atoms with Crippen LogP contribution in [0.25, 0.3) is 0 Å². The van der Waals surface area contributed by atoms with Crippen LogP contribution in [0.5, 0.6) is 0 Å². The zero-order valence-electron chi connectivity index (χ0n) is 13.7. The van der Waals surface area contributed by atoms with Crippen molar-refractivity contribution in [1.82, 2.24) is 14.9 Å². The summed E-state index contributed by atoms with van der Waals surface area (Å²) in [5.41, 5.74) is 1.26. The Hall–Kier alpha value is -2.33. The molecule has 0 saturated carbocycles. The monoisotopic (exact) mass is 309 g/mol. The molecule has 2 heterocycles. The van der Waals surface area contributed by atoms with Crippen molar-refractivity contribution in [3.8, 4) is 0 Å². The van der Waals surface area contributed by atoms with Gasteiger partial charge < -0.3 is 14.3 Å². The van der Waals surface area contributed by atoms with Crippen LogP contribution in [-0.2, 0) is 26.4 Å². The van der Waals surface area contributed by atoms with Gasteiger partial charge >= 0.3 is 0 Å². The maximum atomic E-state index is 5.79. The number of aromatic nitrogens is 2. The van der Waals surface area contributed by atoms with E-state index in [2.05, 4.69) is 52.1 Å². The van der Waals surface area contributed by atoms with Crippen LogP contribution in [0.4, 0.5) is 0 Å². The predicted octanol–water partition coefficient (Wildman–Crippen LogP) is 3.65. The number of hydrogen-bond acceptors (Lipinski definition) is 3. The lowest BCUT2D eigenvalue weighted by Gasteiger charge is -2.18. The van der Waals surface area contributed by atoms with Gasteiger partial charge in [0.25, 0.3) is 0 Å². The highest BCUT2D eigenvalue weighted by Crippen LogP contribution is 2.19. The van der Waals surface area contributed by atoms with E-state index in [1.807, 2.05) is 31.6 Å². The summed E-state index contributed by atoms with van der Waals surface area (Å²) in [6.07, 6.45) is 5.60. The van der Waals surface area contributed by atoms with Crippen LogP contribution in [-0.4, -0.2) is 9.55 Å². The van der Waals surface area contributed by atoms with Gasteiger partial charge in [-0.15, -0.1) is 0 Å². The van der Waals surface area contributed by atoms with Gasteiger partial charge in [0.05, 0.1) is 6.54 Å². The Morgan fingerprint density at radius 2 is 1.91 bits per heavy atom. The summed E-state index contributed by atoms with van der Waals surface area (Å²) < 4.78 is 7.86. The fraction of sp³-hybridized carbons (Fsp3) is 0.316. The molecule has 4 nitrogen and oxygen atoms in total. The van der Waals surface area contributed by atoms with Gasteiger partial charge in [-0.1, -0.05) is 37.3 Å². The predicted molar refractivity (Wildman–Crippen MR) is 91.0 cm³/mol. The van der Waals surface area contributed by atoms with Crippen LogP contribution in [0, 0.1) is 0 Å². The number of nitrogens with zero attached hydrogens (tertiary/aromatic N) is 2. The Balaban J connectivity index is 1.73. The van der Waals surface area contributed by atoms with Gasteiger partial charge in [-0.25, -0.2) is 4.98 Å². The van der Waals surface area contributed by atoms with Crippen molar-refractivity contribution in [3.05, 3.63) is 77.8 Å². The fourth-order valence-electron chi connectivity index (χ4n) is 2.70. The number of imidazole rings is 1. The maximum Gasteiger partial charge on any atom is 0.117 e. The molecule has 1 N–H and O–H groups in total. The molecule has 0 radical (unpaired) electrons. The van der Waals surface area contributed by atoms with E-state index >= 15 is 0 Å². The van der Waals surface area contributed by atoms with Crippen LogP contribution in [0.2, 0.25) is 0 Å². The first kappa shape index (κ1) is 15.6. The summed E-state index contributed by atoms with van der Waals surface area (Å²) in [5, 5.41) is 3.61. The largest absolute Gasteiger partial charge is 0.465 e. The first-order valence-electron chi connectivity index (χ1n) is 8.08. The molecule has 0 saturated heterocycles. The van der Waals surface area contributed by atoms with Crippen molar-refractivity contribution in [1.29, 1.82) is 0 Å². The second kappa shape index (κ2) is 7.29. The van der Waals surface area contributed by atoms with Gasteiger partial charge in [-0.3, -0.25) is 0 Å². The molecule has 0 bridgehead atoms. The minimum absolute atomic E-state index is 0.201. The average molecular weight is 309 g/mol. The van der Waals surface area contributed by atoms with Crippen LogP contribution in [0.1, 0.15) is 35.9 Å². The Labute approximate surface area is 137 Å². The van der Waals surface area contributed by atoms with Gasteiger partial charge in [0.2, 0.25) is 0 Å². The van der Waals surface area contributed by atoms with Crippen LogP contribution in [0.15, 0.2) is 59.3 Å². The van der Waals surface area contributed by atoms with E-state index in [1.165, 1.54) is 5.56 Å². The molecule has 0 aliphatic heterocycles. The Kier molecular flexibility index (Phi) is 4.93. The van der Waals surface area contributed by atoms with Crippen molar-refractivity contribution in [2.24, 2.45) is 7.05 Å².